The summed E-state index contributed by atoms with van der Waals surface area (Å²) in [5.41, 5.74) is 0.0523. The van der Waals surface area contributed by atoms with Crippen molar-refractivity contribution in [2.75, 3.05) is 0 Å². The Bertz CT molecular complexity index is 303. The van der Waals surface area contributed by atoms with Crippen molar-refractivity contribution in [2.45, 2.75) is 32.3 Å². The summed E-state index contributed by atoms with van der Waals surface area (Å²) in [7, 11) is 0. The van der Waals surface area contributed by atoms with Crippen molar-refractivity contribution in [3.8, 4) is 0 Å². The Morgan fingerprint density at radius 2 is 2.07 bits per heavy atom. The molecule has 1 aromatic carbocycles. The van der Waals surface area contributed by atoms with Gasteiger partial charge in [-0.3, -0.25) is 0 Å². The van der Waals surface area contributed by atoms with E-state index in [1.165, 1.54) is 12.1 Å². The van der Waals surface area contributed by atoms with Crippen LogP contribution in [-0.4, -0.2) is 10.7 Å². The first-order valence-corrected chi connectivity index (χ1v) is 5.39. The highest BCUT2D eigenvalue weighted by Crippen LogP contribution is 2.21. The van der Waals surface area contributed by atoms with E-state index in [1.807, 2.05) is 13.0 Å². The van der Waals surface area contributed by atoms with Crippen LogP contribution in [0.4, 0.5) is 4.39 Å². The predicted molar refractivity (Wildman–Crippen MR) is 58.7 cm³/mol. The first-order chi connectivity index (χ1) is 6.43. The van der Waals surface area contributed by atoms with Gasteiger partial charge in [0.05, 0.1) is 5.60 Å². The van der Waals surface area contributed by atoms with E-state index in [2.05, 4.69) is 15.9 Å². The van der Waals surface area contributed by atoms with Gasteiger partial charge in [0, 0.05) is 10.9 Å². The monoisotopic (exact) mass is 260 g/mol. The van der Waals surface area contributed by atoms with Gasteiger partial charge < -0.3 is 5.11 Å². The Morgan fingerprint density at radius 1 is 1.43 bits per heavy atom. The maximum absolute atomic E-state index is 13.0. The molecular formula is C11H14BrFO. The lowest BCUT2D eigenvalue weighted by atomic mass is 9.94. The Labute approximate surface area is 92.1 Å². The number of halogens is 2. The van der Waals surface area contributed by atoms with E-state index in [0.717, 1.165) is 5.56 Å². The minimum absolute atomic E-state index is 0.277. The van der Waals surface area contributed by atoms with Crippen molar-refractivity contribution in [3.63, 3.8) is 0 Å². The molecule has 0 radical (unpaired) electrons. The molecule has 78 valence electrons. The van der Waals surface area contributed by atoms with Crippen LogP contribution < -0.4 is 0 Å². The molecule has 0 heterocycles. The summed E-state index contributed by atoms with van der Waals surface area (Å²) >= 11 is 3.22. The molecule has 1 unspecified atom stereocenters. The summed E-state index contributed by atoms with van der Waals surface area (Å²) < 4.78 is 13.7. The smallest absolute Gasteiger partial charge is 0.124 e. The molecule has 0 aromatic heterocycles. The van der Waals surface area contributed by atoms with Crippen LogP contribution in [0.1, 0.15) is 25.8 Å². The third-order valence-corrected chi connectivity index (χ3v) is 2.73. The first kappa shape index (κ1) is 11.7. The molecule has 0 aliphatic heterocycles. The van der Waals surface area contributed by atoms with Crippen molar-refractivity contribution in [1.82, 2.24) is 0 Å². The molecule has 0 saturated carbocycles. The SMILES string of the molecule is CCC(C)(O)Cc1cc(F)cc(Br)c1. The van der Waals surface area contributed by atoms with Crippen molar-refractivity contribution in [1.29, 1.82) is 0 Å². The van der Waals surface area contributed by atoms with Crippen molar-refractivity contribution >= 4 is 15.9 Å². The lowest BCUT2D eigenvalue weighted by molar-refractivity contribution is 0.0564. The van der Waals surface area contributed by atoms with Crippen LogP contribution in [0.3, 0.4) is 0 Å². The minimum atomic E-state index is -0.757. The zero-order valence-corrected chi connectivity index (χ0v) is 9.94. The fourth-order valence-corrected chi connectivity index (χ4v) is 1.79. The molecule has 0 fully saturated rings. The van der Waals surface area contributed by atoms with Gasteiger partial charge >= 0.3 is 0 Å². The molecule has 1 aromatic rings. The van der Waals surface area contributed by atoms with Crippen LogP contribution >= 0.6 is 15.9 Å². The fourth-order valence-electron chi connectivity index (χ4n) is 1.28. The van der Waals surface area contributed by atoms with Gasteiger partial charge in [0.25, 0.3) is 0 Å². The molecule has 0 bridgehead atoms. The van der Waals surface area contributed by atoms with Crippen molar-refractivity contribution in [2.24, 2.45) is 0 Å². The molecule has 0 spiro atoms. The molecule has 0 aliphatic rings. The summed E-state index contributed by atoms with van der Waals surface area (Å²) in [5.74, 6) is -0.277. The second kappa shape index (κ2) is 4.41. The summed E-state index contributed by atoms with van der Waals surface area (Å²) in [6.45, 7) is 3.67. The standard InChI is InChI=1S/C11H14BrFO/c1-3-11(2,14)7-8-4-9(12)6-10(13)5-8/h4-6,14H,3,7H2,1-2H3. The normalized spacial score (nSPS) is 15.2. The van der Waals surface area contributed by atoms with Crippen molar-refractivity contribution in [3.05, 3.63) is 34.1 Å². The van der Waals surface area contributed by atoms with Gasteiger partial charge in [-0.1, -0.05) is 22.9 Å². The maximum atomic E-state index is 13.0. The largest absolute Gasteiger partial charge is 0.390 e. The highest BCUT2D eigenvalue weighted by atomic mass is 79.9. The minimum Gasteiger partial charge on any atom is -0.390 e. The van der Waals surface area contributed by atoms with Gasteiger partial charge in [0.2, 0.25) is 0 Å². The van der Waals surface area contributed by atoms with Gasteiger partial charge in [0.1, 0.15) is 5.82 Å². The first-order valence-electron chi connectivity index (χ1n) is 4.60. The van der Waals surface area contributed by atoms with Crippen LogP contribution in [0.2, 0.25) is 0 Å². The van der Waals surface area contributed by atoms with Crippen molar-refractivity contribution < 1.29 is 9.50 Å². The van der Waals surface area contributed by atoms with E-state index in [1.54, 1.807) is 6.92 Å². The number of hydrogen-bond donors (Lipinski definition) is 1. The molecule has 1 N–H and O–H groups in total. The van der Waals surface area contributed by atoms with Gasteiger partial charge in [-0.15, -0.1) is 0 Å². The number of aliphatic hydroxyl groups is 1. The molecule has 0 saturated heterocycles. The molecule has 0 aliphatic carbocycles. The predicted octanol–water partition coefficient (Wildman–Crippen LogP) is 3.29. The van der Waals surface area contributed by atoms with E-state index < -0.39 is 5.60 Å². The Balaban J connectivity index is 2.87. The topological polar surface area (TPSA) is 20.2 Å². The van der Waals surface area contributed by atoms with Crippen LogP contribution in [0.5, 0.6) is 0 Å². The van der Waals surface area contributed by atoms with E-state index in [4.69, 9.17) is 0 Å². The zero-order valence-electron chi connectivity index (χ0n) is 8.35. The average molecular weight is 261 g/mol. The maximum Gasteiger partial charge on any atom is 0.124 e. The Kier molecular flexibility index (Phi) is 3.67. The zero-order chi connectivity index (χ0) is 10.8. The van der Waals surface area contributed by atoms with E-state index in [9.17, 15) is 9.50 Å². The molecular weight excluding hydrogens is 247 g/mol. The highest BCUT2D eigenvalue weighted by Gasteiger charge is 2.18. The average Bonchev–Trinajstić information content (AvgIpc) is 2.01. The molecule has 1 nitrogen and oxygen atoms in total. The van der Waals surface area contributed by atoms with Gasteiger partial charge in [-0.25, -0.2) is 4.39 Å². The molecule has 0 amide bonds. The van der Waals surface area contributed by atoms with Gasteiger partial charge in [-0.2, -0.15) is 0 Å². The second-order valence-corrected chi connectivity index (χ2v) is 4.72. The summed E-state index contributed by atoms with van der Waals surface area (Å²) in [5, 5.41) is 9.82. The quantitative estimate of drug-likeness (QED) is 0.885. The van der Waals surface area contributed by atoms with Crippen LogP contribution in [0.25, 0.3) is 0 Å². The summed E-state index contributed by atoms with van der Waals surface area (Å²) in [6, 6.07) is 4.69. The lowest BCUT2D eigenvalue weighted by Crippen LogP contribution is -2.25. The number of rotatable bonds is 3. The molecule has 1 rings (SSSR count). The Hall–Kier alpha value is -0.410. The van der Waals surface area contributed by atoms with E-state index in [-0.39, 0.29) is 5.82 Å². The number of hydrogen-bond acceptors (Lipinski definition) is 1. The third-order valence-electron chi connectivity index (χ3n) is 2.27. The fraction of sp³-hybridized carbons (Fsp3) is 0.455. The van der Waals surface area contributed by atoms with Gasteiger partial charge in [-0.05, 0) is 37.1 Å². The van der Waals surface area contributed by atoms with Crippen LogP contribution in [-0.2, 0) is 6.42 Å². The second-order valence-electron chi connectivity index (χ2n) is 3.80. The Morgan fingerprint density at radius 3 is 2.57 bits per heavy atom. The van der Waals surface area contributed by atoms with Crippen LogP contribution in [0, 0.1) is 5.82 Å². The third kappa shape index (κ3) is 3.39. The van der Waals surface area contributed by atoms with E-state index >= 15 is 0 Å². The molecule has 14 heavy (non-hydrogen) atoms. The highest BCUT2D eigenvalue weighted by molar-refractivity contribution is 9.10. The molecule has 3 heteroatoms. The summed E-state index contributed by atoms with van der Waals surface area (Å²) in [4.78, 5) is 0. The number of benzene rings is 1. The van der Waals surface area contributed by atoms with Crippen LogP contribution in [0.15, 0.2) is 22.7 Å². The van der Waals surface area contributed by atoms with Gasteiger partial charge in [0.15, 0.2) is 0 Å². The summed E-state index contributed by atoms with van der Waals surface area (Å²) in [6.07, 6.45) is 1.13. The lowest BCUT2D eigenvalue weighted by Gasteiger charge is -2.21. The van der Waals surface area contributed by atoms with E-state index in [0.29, 0.717) is 17.3 Å². The molecule has 1 atom stereocenters.